The van der Waals surface area contributed by atoms with Crippen molar-refractivity contribution in [2.45, 2.75) is 57.8 Å². The topological polar surface area (TPSA) is 79.5 Å². The zero-order chi connectivity index (χ0) is 22.3. The number of hydrogen-bond donors (Lipinski definition) is 3. The third-order valence-corrected chi connectivity index (χ3v) is 5.08. The lowest BCUT2D eigenvalue weighted by atomic mass is 9.91. The van der Waals surface area contributed by atoms with Gasteiger partial charge < -0.3 is 20.7 Å². The average molecular weight is 429 g/mol. The van der Waals surface area contributed by atoms with Gasteiger partial charge in [-0.3, -0.25) is 9.59 Å². The normalized spacial score (nSPS) is 19.4. The maximum Gasteiger partial charge on any atom is 0.419 e. The van der Waals surface area contributed by atoms with Crippen LogP contribution in [0.25, 0.3) is 0 Å². The Bertz CT molecular complexity index is 730. The molecular formula is C21H30F3N3O3. The molecule has 9 heteroatoms. The van der Waals surface area contributed by atoms with Crippen LogP contribution in [0.15, 0.2) is 18.2 Å². The highest BCUT2D eigenvalue weighted by Gasteiger charge is 2.35. The van der Waals surface area contributed by atoms with Gasteiger partial charge in [0.15, 0.2) is 0 Å². The first-order valence-electron chi connectivity index (χ1n) is 10.2. The van der Waals surface area contributed by atoms with E-state index in [2.05, 4.69) is 29.8 Å². The monoisotopic (exact) mass is 429 g/mol. The van der Waals surface area contributed by atoms with Crippen LogP contribution in [0, 0.1) is 5.92 Å². The molecule has 1 aromatic rings. The van der Waals surface area contributed by atoms with Gasteiger partial charge in [0.25, 0.3) is 5.91 Å². The predicted molar refractivity (Wildman–Crippen MR) is 107 cm³/mol. The number of halogens is 3. The second kappa shape index (κ2) is 10.7. The average Bonchev–Trinajstić information content (AvgIpc) is 2.70. The number of carbonyl (C=O) groups excluding carboxylic acids is 2. The van der Waals surface area contributed by atoms with Crippen LogP contribution in [-0.2, 0) is 11.0 Å². The van der Waals surface area contributed by atoms with Crippen molar-refractivity contribution in [1.29, 1.82) is 0 Å². The number of benzene rings is 1. The van der Waals surface area contributed by atoms with Gasteiger partial charge in [-0.25, -0.2) is 0 Å². The Labute approximate surface area is 174 Å². The molecule has 2 rings (SSSR count). The van der Waals surface area contributed by atoms with Gasteiger partial charge in [-0.15, -0.1) is 0 Å². The highest BCUT2D eigenvalue weighted by Crippen LogP contribution is 2.36. The molecule has 1 aliphatic carbocycles. The van der Waals surface area contributed by atoms with Crippen LogP contribution in [0.4, 0.5) is 13.2 Å². The molecule has 30 heavy (non-hydrogen) atoms. The number of rotatable bonds is 8. The summed E-state index contributed by atoms with van der Waals surface area (Å²) in [7, 11) is 1.13. The SMILES string of the molecule is COc1ccc(C(=O)NCC(=O)NC2CCC(NCC(C)C)CC2)cc1C(F)(F)F. The molecule has 1 aliphatic rings. The minimum absolute atomic E-state index is 0.0457. The number of hydrogen-bond acceptors (Lipinski definition) is 4. The van der Waals surface area contributed by atoms with E-state index in [4.69, 9.17) is 4.74 Å². The summed E-state index contributed by atoms with van der Waals surface area (Å²) in [6.45, 7) is 4.99. The van der Waals surface area contributed by atoms with Crippen molar-refractivity contribution in [2.75, 3.05) is 20.2 Å². The predicted octanol–water partition coefficient (Wildman–Crippen LogP) is 3.12. The van der Waals surface area contributed by atoms with E-state index in [0.717, 1.165) is 51.5 Å². The Morgan fingerprint density at radius 2 is 1.77 bits per heavy atom. The Morgan fingerprint density at radius 1 is 1.13 bits per heavy atom. The molecular weight excluding hydrogens is 399 g/mol. The van der Waals surface area contributed by atoms with Gasteiger partial charge in [-0.2, -0.15) is 13.2 Å². The van der Waals surface area contributed by atoms with E-state index >= 15 is 0 Å². The lowest BCUT2D eigenvalue weighted by Gasteiger charge is -2.30. The zero-order valence-electron chi connectivity index (χ0n) is 17.6. The standard InChI is InChI=1S/C21H30F3N3O3/c1-13(2)11-25-15-5-7-16(8-6-15)27-19(28)12-26-20(29)14-4-9-18(30-3)17(10-14)21(22,23)24/h4,9-10,13,15-16,25H,5-8,11-12H2,1-3H3,(H,26,29)(H,27,28). The van der Waals surface area contributed by atoms with E-state index in [1.165, 1.54) is 6.07 Å². The molecule has 0 aliphatic heterocycles. The van der Waals surface area contributed by atoms with Gasteiger partial charge in [-0.05, 0) is 56.3 Å². The largest absolute Gasteiger partial charge is 0.496 e. The summed E-state index contributed by atoms with van der Waals surface area (Å²) in [4.78, 5) is 24.3. The maximum atomic E-state index is 13.1. The second-order valence-corrected chi connectivity index (χ2v) is 8.01. The third kappa shape index (κ3) is 7.19. The quantitative estimate of drug-likeness (QED) is 0.593. The minimum atomic E-state index is -4.65. The summed E-state index contributed by atoms with van der Waals surface area (Å²) in [5.74, 6) is -0.884. The van der Waals surface area contributed by atoms with E-state index in [0.29, 0.717) is 12.0 Å². The van der Waals surface area contributed by atoms with Crippen LogP contribution in [-0.4, -0.2) is 44.1 Å². The number of amides is 2. The molecule has 0 atom stereocenters. The van der Waals surface area contributed by atoms with Crippen LogP contribution in [0.1, 0.15) is 55.5 Å². The summed E-state index contributed by atoms with van der Waals surface area (Å²) < 4.78 is 44.0. The summed E-state index contributed by atoms with van der Waals surface area (Å²) in [6.07, 6.45) is -1.01. The van der Waals surface area contributed by atoms with Crippen molar-refractivity contribution < 1.29 is 27.5 Å². The first kappa shape index (κ1) is 24.0. The van der Waals surface area contributed by atoms with E-state index < -0.39 is 17.6 Å². The lowest BCUT2D eigenvalue weighted by Crippen LogP contribution is -2.45. The van der Waals surface area contributed by atoms with Crippen LogP contribution in [0.3, 0.4) is 0 Å². The molecule has 0 saturated heterocycles. The smallest absolute Gasteiger partial charge is 0.419 e. The second-order valence-electron chi connectivity index (χ2n) is 8.01. The van der Waals surface area contributed by atoms with Crippen molar-refractivity contribution in [1.82, 2.24) is 16.0 Å². The Kier molecular flexibility index (Phi) is 8.52. The molecule has 0 heterocycles. The van der Waals surface area contributed by atoms with E-state index in [-0.39, 0.29) is 29.8 Å². The van der Waals surface area contributed by atoms with Crippen molar-refractivity contribution in [3.8, 4) is 5.75 Å². The summed E-state index contributed by atoms with van der Waals surface area (Å²) in [5, 5.41) is 8.78. The summed E-state index contributed by atoms with van der Waals surface area (Å²) in [5.41, 5.74) is -1.22. The fourth-order valence-corrected chi connectivity index (χ4v) is 3.46. The first-order chi connectivity index (χ1) is 14.1. The fourth-order valence-electron chi connectivity index (χ4n) is 3.46. The van der Waals surface area contributed by atoms with Gasteiger partial charge in [0.1, 0.15) is 5.75 Å². The fraction of sp³-hybridized carbons (Fsp3) is 0.619. The number of methoxy groups -OCH3 is 1. The highest BCUT2D eigenvalue weighted by molar-refractivity contribution is 5.96. The maximum absolute atomic E-state index is 13.1. The van der Waals surface area contributed by atoms with Crippen LogP contribution in [0.2, 0.25) is 0 Å². The van der Waals surface area contributed by atoms with Gasteiger partial charge in [0, 0.05) is 17.6 Å². The Hall–Kier alpha value is -2.29. The molecule has 1 aromatic carbocycles. The minimum Gasteiger partial charge on any atom is -0.496 e. The van der Waals surface area contributed by atoms with E-state index in [1.807, 2.05) is 0 Å². The zero-order valence-corrected chi connectivity index (χ0v) is 17.6. The Balaban J connectivity index is 1.81. The van der Waals surface area contributed by atoms with Crippen molar-refractivity contribution in [2.24, 2.45) is 5.92 Å². The molecule has 0 radical (unpaired) electrons. The van der Waals surface area contributed by atoms with Crippen LogP contribution in [0.5, 0.6) is 5.75 Å². The molecule has 168 valence electrons. The molecule has 1 fully saturated rings. The molecule has 0 spiro atoms. The molecule has 6 nitrogen and oxygen atoms in total. The van der Waals surface area contributed by atoms with Crippen LogP contribution < -0.4 is 20.7 Å². The summed E-state index contributed by atoms with van der Waals surface area (Å²) >= 11 is 0. The molecule has 3 N–H and O–H groups in total. The van der Waals surface area contributed by atoms with Gasteiger partial charge in [0.2, 0.25) is 5.91 Å². The Morgan fingerprint density at radius 3 is 2.33 bits per heavy atom. The van der Waals surface area contributed by atoms with E-state index in [1.54, 1.807) is 0 Å². The number of ether oxygens (including phenoxy) is 1. The molecule has 2 amide bonds. The molecule has 1 saturated carbocycles. The van der Waals surface area contributed by atoms with Crippen molar-refractivity contribution in [3.63, 3.8) is 0 Å². The molecule has 0 bridgehead atoms. The number of alkyl halides is 3. The lowest BCUT2D eigenvalue weighted by molar-refractivity contribution is -0.138. The molecule has 0 aromatic heterocycles. The van der Waals surface area contributed by atoms with Gasteiger partial charge in [0.05, 0.1) is 19.2 Å². The highest BCUT2D eigenvalue weighted by atomic mass is 19.4. The van der Waals surface area contributed by atoms with Crippen molar-refractivity contribution >= 4 is 11.8 Å². The molecule has 0 unspecified atom stereocenters. The number of nitrogens with one attached hydrogen (secondary N) is 3. The van der Waals surface area contributed by atoms with Crippen LogP contribution >= 0.6 is 0 Å². The van der Waals surface area contributed by atoms with E-state index in [9.17, 15) is 22.8 Å². The van der Waals surface area contributed by atoms with Gasteiger partial charge in [-0.1, -0.05) is 13.8 Å². The summed E-state index contributed by atoms with van der Waals surface area (Å²) in [6, 6.07) is 3.54. The van der Waals surface area contributed by atoms with Gasteiger partial charge >= 0.3 is 6.18 Å². The van der Waals surface area contributed by atoms with Crippen molar-refractivity contribution in [3.05, 3.63) is 29.3 Å². The number of carbonyl (C=O) groups is 2. The third-order valence-electron chi connectivity index (χ3n) is 5.08. The first-order valence-corrected chi connectivity index (χ1v) is 10.2.